The van der Waals surface area contributed by atoms with Gasteiger partial charge in [0.2, 0.25) is 0 Å². The van der Waals surface area contributed by atoms with E-state index in [2.05, 4.69) is 36.0 Å². The number of ether oxygens (including phenoxy) is 1. The minimum Gasteiger partial charge on any atom is -0.381 e. The molecule has 2 saturated heterocycles. The lowest BCUT2D eigenvalue weighted by Gasteiger charge is -2.42. The van der Waals surface area contributed by atoms with Crippen LogP contribution in [0.2, 0.25) is 0 Å². The smallest absolute Gasteiger partial charge is 0.0480 e. The minimum absolute atomic E-state index is 0.321. The summed E-state index contributed by atoms with van der Waals surface area (Å²) in [6.45, 7) is 12.5. The van der Waals surface area contributed by atoms with Gasteiger partial charge in [-0.15, -0.1) is 0 Å². The molecule has 0 saturated carbocycles. The van der Waals surface area contributed by atoms with Crippen molar-refractivity contribution < 1.29 is 4.74 Å². The molecule has 0 atom stereocenters. The lowest BCUT2D eigenvalue weighted by Crippen LogP contribution is -2.54. The second-order valence-corrected chi connectivity index (χ2v) is 6.62. The van der Waals surface area contributed by atoms with Crippen LogP contribution >= 0.6 is 0 Å². The van der Waals surface area contributed by atoms with Gasteiger partial charge in [-0.2, -0.15) is 0 Å². The van der Waals surface area contributed by atoms with E-state index < -0.39 is 0 Å². The lowest BCUT2D eigenvalue weighted by molar-refractivity contribution is 0.0324. The molecule has 0 aromatic rings. The Morgan fingerprint density at radius 1 is 1.21 bits per heavy atom. The number of rotatable bonds is 5. The number of hydrogen-bond acceptors (Lipinski definition) is 4. The normalized spacial score (nSPS) is 24.0. The van der Waals surface area contributed by atoms with E-state index >= 15 is 0 Å². The van der Waals surface area contributed by atoms with E-state index in [4.69, 9.17) is 4.74 Å². The summed E-state index contributed by atoms with van der Waals surface area (Å²) in [6, 6.07) is 0.729. The molecule has 2 heterocycles. The van der Waals surface area contributed by atoms with Gasteiger partial charge in [-0.25, -0.2) is 0 Å². The molecule has 0 aromatic heterocycles. The zero-order valence-electron chi connectivity index (χ0n) is 13.0. The van der Waals surface area contributed by atoms with Crippen LogP contribution in [0.3, 0.4) is 0 Å². The van der Waals surface area contributed by atoms with Gasteiger partial charge < -0.3 is 15.0 Å². The van der Waals surface area contributed by atoms with Crippen LogP contribution in [0.25, 0.3) is 0 Å². The maximum absolute atomic E-state index is 5.45. The van der Waals surface area contributed by atoms with E-state index in [1.807, 2.05) is 0 Å². The Labute approximate surface area is 118 Å². The molecule has 2 rings (SSSR count). The number of hydrogen-bond donors (Lipinski definition) is 1. The summed E-state index contributed by atoms with van der Waals surface area (Å²) in [4.78, 5) is 5.19. The molecule has 2 aliphatic rings. The fourth-order valence-electron chi connectivity index (χ4n) is 3.19. The van der Waals surface area contributed by atoms with E-state index in [-0.39, 0.29) is 0 Å². The van der Waals surface area contributed by atoms with Crippen molar-refractivity contribution in [3.63, 3.8) is 0 Å². The third kappa shape index (κ3) is 4.42. The average Bonchev–Trinajstić information content (AvgIpc) is 2.47. The van der Waals surface area contributed by atoms with Crippen molar-refractivity contribution in [1.82, 2.24) is 15.1 Å². The van der Waals surface area contributed by atoms with Crippen molar-refractivity contribution in [2.24, 2.45) is 0 Å². The van der Waals surface area contributed by atoms with E-state index in [1.165, 1.54) is 38.9 Å². The molecule has 1 N–H and O–H groups in total. The molecule has 0 radical (unpaired) electrons. The van der Waals surface area contributed by atoms with Crippen LogP contribution in [0.4, 0.5) is 0 Å². The van der Waals surface area contributed by atoms with E-state index in [0.717, 1.165) is 32.3 Å². The molecule has 0 aromatic carbocycles. The number of nitrogens with zero attached hydrogens (tertiary/aromatic N) is 2. The first-order valence-electron chi connectivity index (χ1n) is 7.83. The van der Waals surface area contributed by atoms with Gasteiger partial charge in [-0.05, 0) is 46.7 Å². The van der Waals surface area contributed by atoms with Gasteiger partial charge in [0.1, 0.15) is 0 Å². The summed E-state index contributed by atoms with van der Waals surface area (Å²) in [7, 11) is 2.28. The number of nitrogens with one attached hydrogen (secondary N) is 1. The highest BCUT2D eigenvalue weighted by Crippen LogP contribution is 2.21. The second-order valence-electron chi connectivity index (χ2n) is 6.62. The quantitative estimate of drug-likeness (QED) is 0.811. The molecule has 4 nitrogen and oxygen atoms in total. The van der Waals surface area contributed by atoms with Crippen molar-refractivity contribution in [2.45, 2.75) is 44.7 Å². The van der Waals surface area contributed by atoms with Crippen molar-refractivity contribution in [3.8, 4) is 0 Å². The fourth-order valence-corrected chi connectivity index (χ4v) is 3.19. The summed E-state index contributed by atoms with van der Waals surface area (Å²) in [5, 5.41) is 3.44. The summed E-state index contributed by atoms with van der Waals surface area (Å²) in [6.07, 6.45) is 3.65. The molecule has 2 fully saturated rings. The molecule has 2 aliphatic heterocycles. The number of piperazine rings is 1. The SMILES string of the molecule is CN(CCC(C)(C)N1CCNCC1)C1CCOCC1. The van der Waals surface area contributed by atoms with Crippen molar-refractivity contribution in [2.75, 3.05) is 53.0 Å². The van der Waals surface area contributed by atoms with Crippen LogP contribution in [0.5, 0.6) is 0 Å². The van der Waals surface area contributed by atoms with Gasteiger partial charge in [-0.3, -0.25) is 4.90 Å². The van der Waals surface area contributed by atoms with Gasteiger partial charge in [0.05, 0.1) is 0 Å². The third-order valence-corrected chi connectivity index (χ3v) is 4.86. The van der Waals surface area contributed by atoms with Crippen molar-refractivity contribution in [1.29, 1.82) is 0 Å². The van der Waals surface area contributed by atoms with Gasteiger partial charge in [0, 0.05) is 51.0 Å². The van der Waals surface area contributed by atoms with Crippen molar-refractivity contribution >= 4 is 0 Å². The van der Waals surface area contributed by atoms with Gasteiger partial charge >= 0.3 is 0 Å². The molecule has 0 unspecified atom stereocenters. The van der Waals surface area contributed by atoms with Crippen LogP contribution < -0.4 is 5.32 Å². The predicted molar refractivity (Wildman–Crippen MR) is 79.6 cm³/mol. The third-order valence-electron chi connectivity index (χ3n) is 4.86. The van der Waals surface area contributed by atoms with Gasteiger partial charge in [0.25, 0.3) is 0 Å². The first kappa shape index (κ1) is 15.2. The molecule has 4 heteroatoms. The monoisotopic (exact) mass is 269 g/mol. The highest BCUT2D eigenvalue weighted by atomic mass is 16.5. The van der Waals surface area contributed by atoms with Crippen LogP contribution in [0, 0.1) is 0 Å². The Balaban J connectivity index is 1.75. The van der Waals surface area contributed by atoms with Crippen LogP contribution in [-0.4, -0.2) is 74.4 Å². The maximum atomic E-state index is 5.45. The largest absolute Gasteiger partial charge is 0.381 e. The molecule has 0 amide bonds. The fraction of sp³-hybridized carbons (Fsp3) is 1.00. The Kier molecular flexibility index (Phi) is 5.63. The first-order chi connectivity index (χ1) is 9.09. The topological polar surface area (TPSA) is 27.7 Å². The molecular weight excluding hydrogens is 238 g/mol. The van der Waals surface area contributed by atoms with Crippen LogP contribution in [-0.2, 0) is 4.74 Å². The molecule has 19 heavy (non-hydrogen) atoms. The van der Waals surface area contributed by atoms with Crippen molar-refractivity contribution in [3.05, 3.63) is 0 Å². The van der Waals surface area contributed by atoms with E-state index in [1.54, 1.807) is 0 Å². The molecule has 0 aliphatic carbocycles. The molecular formula is C15H31N3O. The zero-order chi connectivity index (χ0) is 13.7. The molecule has 0 bridgehead atoms. The second kappa shape index (κ2) is 7.02. The Morgan fingerprint density at radius 3 is 2.47 bits per heavy atom. The highest BCUT2D eigenvalue weighted by Gasteiger charge is 2.28. The molecule has 112 valence electrons. The molecule has 0 spiro atoms. The van der Waals surface area contributed by atoms with Crippen LogP contribution in [0.1, 0.15) is 33.1 Å². The Hall–Kier alpha value is -0.160. The Morgan fingerprint density at radius 2 is 1.84 bits per heavy atom. The zero-order valence-corrected chi connectivity index (χ0v) is 13.0. The predicted octanol–water partition coefficient (Wildman–Crippen LogP) is 1.17. The van der Waals surface area contributed by atoms with Gasteiger partial charge in [0.15, 0.2) is 0 Å². The summed E-state index contributed by atoms with van der Waals surface area (Å²) in [5.41, 5.74) is 0.321. The summed E-state index contributed by atoms with van der Waals surface area (Å²) < 4.78 is 5.45. The summed E-state index contributed by atoms with van der Waals surface area (Å²) >= 11 is 0. The average molecular weight is 269 g/mol. The Bertz CT molecular complexity index is 258. The standard InChI is InChI=1S/C15H31N3O/c1-15(2,18-10-7-16-8-11-18)6-9-17(3)14-4-12-19-13-5-14/h14,16H,4-13H2,1-3H3. The minimum atomic E-state index is 0.321. The van der Waals surface area contributed by atoms with Gasteiger partial charge in [-0.1, -0.05) is 0 Å². The lowest BCUT2D eigenvalue weighted by atomic mass is 9.96. The maximum Gasteiger partial charge on any atom is 0.0480 e. The highest BCUT2D eigenvalue weighted by molar-refractivity contribution is 4.86. The summed E-state index contributed by atoms with van der Waals surface area (Å²) in [5.74, 6) is 0. The first-order valence-corrected chi connectivity index (χ1v) is 7.83. The van der Waals surface area contributed by atoms with Crippen LogP contribution in [0.15, 0.2) is 0 Å². The van der Waals surface area contributed by atoms with E-state index in [0.29, 0.717) is 5.54 Å². The van der Waals surface area contributed by atoms with E-state index in [9.17, 15) is 0 Å².